The number of hydrogen-bond donors (Lipinski definition) is 1. The maximum absolute atomic E-state index is 12.3. The van der Waals surface area contributed by atoms with Crippen LogP contribution in [0.2, 0.25) is 0 Å². The molecule has 0 saturated carbocycles. The van der Waals surface area contributed by atoms with Gasteiger partial charge in [-0.1, -0.05) is 36.4 Å². The average Bonchev–Trinajstić information content (AvgIpc) is 2.58. The number of rotatable bonds is 3. The number of aryl methyl sites for hydroxylation is 1. The normalized spacial score (nSPS) is 13.4. The van der Waals surface area contributed by atoms with E-state index in [1.54, 1.807) is 0 Å². The molecule has 0 bridgehead atoms. The minimum atomic E-state index is -0.0789. The van der Waals surface area contributed by atoms with Crippen molar-refractivity contribution in [2.24, 2.45) is 0 Å². The number of nitrogens with one attached hydrogen (secondary N) is 1. The number of amides is 2. The maximum Gasteiger partial charge on any atom is 0.320 e. The standard InChI is InChI=1S/C19H22N2O2/c1-14-6-5-9-18(15(14)2)23-13-20-19(22)21-11-10-16-7-3-4-8-17(16)12-21/h3-9H,10-13H2,1-2H3,(H,20,22). The van der Waals surface area contributed by atoms with Gasteiger partial charge in [-0.2, -0.15) is 0 Å². The van der Waals surface area contributed by atoms with Gasteiger partial charge in [0, 0.05) is 13.1 Å². The van der Waals surface area contributed by atoms with Crippen LogP contribution in [0, 0.1) is 13.8 Å². The van der Waals surface area contributed by atoms with E-state index in [2.05, 4.69) is 17.4 Å². The molecule has 4 nitrogen and oxygen atoms in total. The third-order valence-corrected chi connectivity index (χ3v) is 4.42. The van der Waals surface area contributed by atoms with E-state index in [4.69, 9.17) is 4.74 Å². The predicted molar refractivity (Wildman–Crippen MR) is 90.5 cm³/mol. The summed E-state index contributed by atoms with van der Waals surface area (Å²) >= 11 is 0. The van der Waals surface area contributed by atoms with Crippen molar-refractivity contribution in [3.8, 4) is 5.75 Å². The Bertz CT molecular complexity index is 712. The molecule has 1 N–H and O–H groups in total. The lowest BCUT2D eigenvalue weighted by molar-refractivity contribution is 0.179. The van der Waals surface area contributed by atoms with Gasteiger partial charge in [-0.3, -0.25) is 0 Å². The Morgan fingerprint density at radius 2 is 1.91 bits per heavy atom. The molecule has 4 heteroatoms. The summed E-state index contributed by atoms with van der Waals surface area (Å²) in [6.45, 7) is 5.65. The van der Waals surface area contributed by atoms with Gasteiger partial charge in [0.05, 0.1) is 0 Å². The number of carbonyl (C=O) groups is 1. The summed E-state index contributed by atoms with van der Waals surface area (Å²) in [6, 6.07) is 14.1. The topological polar surface area (TPSA) is 41.6 Å². The first kappa shape index (κ1) is 15.4. The molecule has 120 valence electrons. The molecule has 2 aromatic carbocycles. The van der Waals surface area contributed by atoms with Gasteiger partial charge >= 0.3 is 6.03 Å². The minimum absolute atomic E-state index is 0.0789. The van der Waals surface area contributed by atoms with E-state index in [1.807, 2.05) is 49.1 Å². The molecule has 1 aliphatic heterocycles. The number of hydrogen-bond acceptors (Lipinski definition) is 2. The van der Waals surface area contributed by atoms with Crippen LogP contribution in [-0.2, 0) is 13.0 Å². The lowest BCUT2D eigenvalue weighted by atomic mass is 10.0. The molecule has 1 aliphatic rings. The highest BCUT2D eigenvalue weighted by molar-refractivity contribution is 5.74. The second-order valence-corrected chi connectivity index (χ2v) is 5.91. The van der Waals surface area contributed by atoms with Crippen LogP contribution in [0.1, 0.15) is 22.3 Å². The summed E-state index contributed by atoms with van der Waals surface area (Å²) in [5.74, 6) is 0.814. The Morgan fingerprint density at radius 3 is 2.74 bits per heavy atom. The van der Waals surface area contributed by atoms with Crippen LogP contribution in [0.15, 0.2) is 42.5 Å². The molecule has 0 radical (unpaired) electrons. The van der Waals surface area contributed by atoms with E-state index in [9.17, 15) is 4.79 Å². The van der Waals surface area contributed by atoms with Gasteiger partial charge in [-0.15, -0.1) is 0 Å². The van der Waals surface area contributed by atoms with Gasteiger partial charge in [0.25, 0.3) is 0 Å². The van der Waals surface area contributed by atoms with E-state index >= 15 is 0 Å². The van der Waals surface area contributed by atoms with Gasteiger partial charge in [0.1, 0.15) is 5.75 Å². The summed E-state index contributed by atoms with van der Waals surface area (Å²) < 4.78 is 5.69. The Kier molecular flexibility index (Phi) is 4.51. The number of nitrogens with zero attached hydrogens (tertiary/aromatic N) is 1. The molecule has 0 spiro atoms. The lowest BCUT2D eigenvalue weighted by Gasteiger charge is -2.29. The van der Waals surface area contributed by atoms with Crippen molar-refractivity contribution in [1.82, 2.24) is 10.2 Å². The molecule has 0 fully saturated rings. The van der Waals surface area contributed by atoms with Crippen molar-refractivity contribution < 1.29 is 9.53 Å². The molecular weight excluding hydrogens is 288 g/mol. The Morgan fingerprint density at radius 1 is 1.13 bits per heavy atom. The number of ether oxygens (including phenoxy) is 1. The maximum atomic E-state index is 12.3. The number of carbonyl (C=O) groups excluding carboxylic acids is 1. The fourth-order valence-electron chi connectivity index (χ4n) is 2.84. The van der Waals surface area contributed by atoms with Crippen LogP contribution in [0.3, 0.4) is 0 Å². The highest BCUT2D eigenvalue weighted by Crippen LogP contribution is 2.20. The SMILES string of the molecule is Cc1cccc(OCNC(=O)N2CCc3ccccc3C2)c1C. The molecule has 3 rings (SSSR count). The first-order chi connectivity index (χ1) is 11.1. The van der Waals surface area contributed by atoms with Gasteiger partial charge in [-0.05, 0) is 48.6 Å². The summed E-state index contributed by atoms with van der Waals surface area (Å²) in [5.41, 5.74) is 4.85. The molecular formula is C19H22N2O2. The highest BCUT2D eigenvalue weighted by Gasteiger charge is 2.19. The zero-order chi connectivity index (χ0) is 16.2. The van der Waals surface area contributed by atoms with Crippen LogP contribution < -0.4 is 10.1 Å². The van der Waals surface area contributed by atoms with Crippen molar-refractivity contribution in [2.75, 3.05) is 13.3 Å². The largest absolute Gasteiger partial charge is 0.473 e. The van der Waals surface area contributed by atoms with Crippen LogP contribution in [-0.4, -0.2) is 24.2 Å². The van der Waals surface area contributed by atoms with Crippen LogP contribution >= 0.6 is 0 Å². The van der Waals surface area contributed by atoms with E-state index in [1.165, 1.54) is 16.7 Å². The van der Waals surface area contributed by atoms with Crippen molar-refractivity contribution in [3.63, 3.8) is 0 Å². The van der Waals surface area contributed by atoms with Crippen LogP contribution in [0.5, 0.6) is 5.75 Å². The number of urea groups is 1. The van der Waals surface area contributed by atoms with Crippen LogP contribution in [0.25, 0.3) is 0 Å². The third-order valence-electron chi connectivity index (χ3n) is 4.42. The summed E-state index contributed by atoms with van der Waals surface area (Å²) in [6.07, 6.45) is 0.904. The summed E-state index contributed by atoms with van der Waals surface area (Å²) in [4.78, 5) is 14.1. The first-order valence-corrected chi connectivity index (χ1v) is 7.94. The minimum Gasteiger partial charge on any atom is -0.473 e. The molecule has 1 heterocycles. The van der Waals surface area contributed by atoms with E-state index in [-0.39, 0.29) is 12.8 Å². The lowest BCUT2D eigenvalue weighted by Crippen LogP contribution is -2.43. The molecule has 2 amide bonds. The van der Waals surface area contributed by atoms with E-state index < -0.39 is 0 Å². The Balaban J connectivity index is 1.53. The molecule has 0 atom stereocenters. The Labute approximate surface area is 137 Å². The third kappa shape index (κ3) is 3.47. The van der Waals surface area contributed by atoms with E-state index in [0.29, 0.717) is 6.54 Å². The van der Waals surface area contributed by atoms with E-state index in [0.717, 1.165) is 24.3 Å². The number of benzene rings is 2. The van der Waals surface area contributed by atoms with Gasteiger partial charge in [0.15, 0.2) is 6.73 Å². The monoisotopic (exact) mass is 310 g/mol. The highest BCUT2D eigenvalue weighted by atomic mass is 16.5. The number of fused-ring (bicyclic) bond motifs is 1. The first-order valence-electron chi connectivity index (χ1n) is 7.94. The van der Waals surface area contributed by atoms with Gasteiger partial charge < -0.3 is 15.0 Å². The zero-order valence-corrected chi connectivity index (χ0v) is 13.6. The summed E-state index contributed by atoms with van der Waals surface area (Å²) in [5, 5.41) is 2.84. The molecule has 23 heavy (non-hydrogen) atoms. The average molecular weight is 310 g/mol. The predicted octanol–water partition coefficient (Wildman–Crippen LogP) is 3.41. The Hall–Kier alpha value is -2.49. The fraction of sp³-hybridized carbons (Fsp3) is 0.316. The molecule has 0 saturated heterocycles. The second-order valence-electron chi connectivity index (χ2n) is 5.91. The van der Waals surface area contributed by atoms with Crippen molar-refractivity contribution in [3.05, 3.63) is 64.7 Å². The smallest absolute Gasteiger partial charge is 0.320 e. The summed E-state index contributed by atoms with van der Waals surface area (Å²) in [7, 11) is 0. The molecule has 0 unspecified atom stereocenters. The van der Waals surface area contributed by atoms with Crippen molar-refractivity contribution in [2.45, 2.75) is 26.8 Å². The van der Waals surface area contributed by atoms with Crippen molar-refractivity contribution in [1.29, 1.82) is 0 Å². The second kappa shape index (κ2) is 6.73. The fourth-order valence-corrected chi connectivity index (χ4v) is 2.84. The van der Waals surface area contributed by atoms with Gasteiger partial charge in [-0.25, -0.2) is 4.79 Å². The quantitative estimate of drug-likeness (QED) is 0.883. The van der Waals surface area contributed by atoms with Crippen molar-refractivity contribution >= 4 is 6.03 Å². The zero-order valence-electron chi connectivity index (χ0n) is 13.6. The van der Waals surface area contributed by atoms with Crippen LogP contribution in [0.4, 0.5) is 4.79 Å². The molecule has 0 aliphatic carbocycles. The molecule has 0 aromatic heterocycles. The van der Waals surface area contributed by atoms with Gasteiger partial charge in [0.2, 0.25) is 0 Å². The molecule has 2 aromatic rings.